The van der Waals surface area contributed by atoms with E-state index in [0.29, 0.717) is 12.0 Å². The van der Waals surface area contributed by atoms with Crippen LogP contribution in [0, 0.1) is 19.7 Å². The summed E-state index contributed by atoms with van der Waals surface area (Å²) in [6.07, 6.45) is 9.51. The molecule has 0 unspecified atom stereocenters. The third kappa shape index (κ3) is 6.03. The summed E-state index contributed by atoms with van der Waals surface area (Å²) in [7, 11) is 0. The Hall–Kier alpha value is -4.96. The molecule has 206 valence electrons. The van der Waals surface area contributed by atoms with E-state index in [4.69, 9.17) is 0 Å². The fourth-order valence-corrected chi connectivity index (χ4v) is 5.53. The third-order valence-electron chi connectivity index (χ3n) is 7.75. The molecule has 0 bridgehead atoms. The lowest BCUT2D eigenvalue weighted by Crippen LogP contribution is -2.01. The van der Waals surface area contributed by atoms with Gasteiger partial charge in [0.2, 0.25) is 0 Å². The van der Waals surface area contributed by atoms with Crippen LogP contribution in [0.3, 0.4) is 0 Å². The van der Waals surface area contributed by atoms with Crippen LogP contribution in [0.25, 0.3) is 33.6 Å². The minimum atomic E-state index is -0.199. The van der Waals surface area contributed by atoms with Crippen molar-refractivity contribution < 1.29 is 4.39 Å². The standard InChI is InChI=1S/C38H32FN3/c1-26-11-14-29(35(20-26)38-10-4-6-19-42-38)15-12-28-13-16-30(34(22-28)31-8-7-17-40-25-31)23-32-24-33(27(2)21-36(32)39)37-9-3-5-18-41-37/h3-11,13-14,16-22,24-25H,12,15,23H2,1-2H3. The smallest absolute Gasteiger partial charge is 0.127 e. The largest absolute Gasteiger partial charge is 0.264 e. The van der Waals surface area contributed by atoms with Crippen LogP contribution < -0.4 is 0 Å². The average Bonchev–Trinajstić information content (AvgIpc) is 3.03. The second kappa shape index (κ2) is 12.3. The van der Waals surface area contributed by atoms with Crippen molar-refractivity contribution in [3.05, 3.63) is 161 Å². The Morgan fingerprint density at radius 2 is 1.36 bits per heavy atom. The van der Waals surface area contributed by atoms with Gasteiger partial charge in [-0.25, -0.2) is 4.39 Å². The summed E-state index contributed by atoms with van der Waals surface area (Å²) in [5.41, 5.74) is 12.4. The first-order chi connectivity index (χ1) is 20.5. The maximum absolute atomic E-state index is 15.3. The molecule has 0 saturated carbocycles. The number of halogens is 1. The summed E-state index contributed by atoms with van der Waals surface area (Å²) >= 11 is 0. The van der Waals surface area contributed by atoms with Gasteiger partial charge in [-0.2, -0.15) is 0 Å². The minimum Gasteiger partial charge on any atom is -0.264 e. The molecular formula is C38H32FN3. The number of hydrogen-bond donors (Lipinski definition) is 0. The Kier molecular flexibility index (Phi) is 7.96. The molecule has 0 amide bonds. The number of rotatable bonds is 8. The summed E-state index contributed by atoms with van der Waals surface area (Å²) in [6, 6.07) is 32.6. The molecule has 3 heterocycles. The molecule has 0 fully saturated rings. The number of benzene rings is 3. The zero-order valence-corrected chi connectivity index (χ0v) is 23.9. The summed E-state index contributed by atoms with van der Waals surface area (Å²) < 4.78 is 15.3. The number of pyridine rings is 3. The molecule has 4 heteroatoms. The molecule has 0 radical (unpaired) electrons. The van der Waals surface area contributed by atoms with E-state index >= 15 is 4.39 Å². The molecule has 0 aliphatic rings. The lowest BCUT2D eigenvalue weighted by Gasteiger charge is -2.15. The first-order valence-corrected chi connectivity index (χ1v) is 14.3. The van der Waals surface area contributed by atoms with Crippen molar-refractivity contribution in [3.63, 3.8) is 0 Å². The molecule has 6 aromatic rings. The average molecular weight is 550 g/mol. The highest BCUT2D eigenvalue weighted by atomic mass is 19.1. The van der Waals surface area contributed by atoms with E-state index in [1.54, 1.807) is 18.5 Å². The highest BCUT2D eigenvalue weighted by Crippen LogP contribution is 2.31. The number of aryl methyl sites for hydroxylation is 4. The van der Waals surface area contributed by atoms with Gasteiger partial charge in [0.1, 0.15) is 5.82 Å². The third-order valence-corrected chi connectivity index (χ3v) is 7.75. The van der Waals surface area contributed by atoms with Crippen LogP contribution in [-0.2, 0) is 19.3 Å². The van der Waals surface area contributed by atoms with Crippen LogP contribution in [-0.4, -0.2) is 15.0 Å². The van der Waals surface area contributed by atoms with Gasteiger partial charge < -0.3 is 0 Å². The van der Waals surface area contributed by atoms with Gasteiger partial charge in [0.05, 0.1) is 11.4 Å². The van der Waals surface area contributed by atoms with Crippen molar-refractivity contribution in [2.24, 2.45) is 0 Å². The van der Waals surface area contributed by atoms with E-state index in [2.05, 4.69) is 70.4 Å². The Morgan fingerprint density at radius 1 is 0.595 bits per heavy atom. The summed E-state index contributed by atoms with van der Waals surface area (Å²) in [5, 5.41) is 0. The van der Waals surface area contributed by atoms with Crippen LogP contribution in [0.2, 0.25) is 0 Å². The molecule has 0 N–H and O–H groups in total. The molecule has 42 heavy (non-hydrogen) atoms. The van der Waals surface area contributed by atoms with Gasteiger partial charge in [-0.05, 0) is 109 Å². The zero-order chi connectivity index (χ0) is 28.9. The Balaban J connectivity index is 1.33. The van der Waals surface area contributed by atoms with E-state index in [1.165, 1.54) is 22.3 Å². The fraction of sp³-hybridized carbons (Fsp3) is 0.132. The summed E-state index contributed by atoms with van der Waals surface area (Å²) in [5.74, 6) is -0.199. The lowest BCUT2D eigenvalue weighted by atomic mass is 9.90. The molecule has 0 aliphatic heterocycles. The molecular weight excluding hydrogens is 517 g/mol. The second-order valence-electron chi connectivity index (χ2n) is 10.8. The first-order valence-electron chi connectivity index (χ1n) is 14.3. The van der Waals surface area contributed by atoms with Crippen LogP contribution in [0.1, 0.15) is 33.4 Å². The van der Waals surface area contributed by atoms with Crippen LogP contribution in [0.4, 0.5) is 4.39 Å². The molecule has 3 aromatic heterocycles. The lowest BCUT2D eigenvalue weighted by molar-refractivity contribution is 0.613. The van der Waals surface area contributed by atoms with E-state index < -0.39 is 0 Å². The van der Waals surface area contributed by atoms with Gasteiger partial charge in [-0.3, -0.25) is 15.0 Å². The van der Waals surface area contributed by atoms with Gasteiger partial charge in [0.15, 0.2) is 0 Å². The van der Waals surface area contributed by atoms with E-state index in [9.17, 15) is 0 Å². The number of hydrogen-bond acceptors (Lipinski definition) is 3. The first kappa shape index (κ1) is 27.2. The van der Waals surface area contributed by atoms with Crippen molar-refractivity contribution in [2.75, 3.05) is 0 Å². The maximum Gasteiger partial charge on any atom is 0.127 e. The summed E-state index contributed by atoms with van der Waals surface area (Å²) in [4.78, 5) is 13.5. The predicted molar refractivity (Wildman–Crippen MR) is 169 cm³/mol. The molecule has 0 atom stereocenters. The molecule has 0 spiro atoms. The Labute approximate surface area is 246 Å². The maximum atomic E-state index is 15.3. The Bertz CT molecular complexity index is 1820. The van der Waals surface area contributed by atoms with Gasteiger partial charge in [-0.1, -0.05) is 54.1 Å². The molecule has 0 saturated heterocycles. The molecule has 3 nitrogen and oxygen atoms in total. The molecule has 0 aliphatic carbocycles. The van der Waals surface area contributed by atoms with Gasteiger partial charge in [0.25, 0.3) is 0 Å². The number of nitrogens with zero attached hydrogens (tertiary/aromatic N) is 3. The van der Waals surface area contributed by atoms with Crippen LogP contribution >= 0.6 is 0 Å². The SMILES string of the molecule is Cc1ccc(CCc2ccc(Cc3cc(-c4ccccn4)c(C)cc3F)c(-c3cccnc3)c2)c(-c2ccccn2)c1. The van der Waals surface area contributed by atoms with Crippen molar-refractivity contribution in [2.45, 2.75) is 33.1 Å². The monoisotopic (exact) mass is 549 g/mol. The minimum absolute atomic E-state index is 0.199. The summed E-state index contributed by atoms with van der Waals surface area (Å²) in [6.45, 7) is 4.05. The van der Waals surface area contributed by atoms with E-state index in [1.807, 2.05) is 61.8 Å². The quantitative estimate of drug-likeness (QED) is 0.190. The highest BCUT2D eigenvalue weighted by Gasteiger charge is 2.15. The second-order valence-corrected chi connectivity index (χ2v) is 10.8. The highest BCUT2D eigenvalue weighted by molar-refractivity contribution is 5.70. The molecule has 3 aromatic carbocycles. The fourth-order valence-electron chi connectivity index (χ4n) is 5.53. The Morgan fingerprint density at radius 3 is 2.07 bits per heavy atom. The van der Waals surface area contributed by atoms with Crippen LogP contribution in [0.15, 0.2) is 122 Å². The van der Waals surface area contributed by atoms with E-state index in [-0.39, 0.29) is 5.82 Å². The van der Waals surface area contributed by atoms with E-state index in [0.717, 1.165) is 52.0 Å². The predicted octanol–water partition coefficient (Wildman–Crippen LogP) is 9.00. The van der Waals surface area contributed by atoms with Gasteiger partial charge >= 0.3 is 0 Å². The molecule has 6 rings (SSSR count). The van der Waals surface area contributed by atoms with Gasteiger partial charge in [-0.15, -0.1) is 0 Å². The van der Waals surface area contributed by atoms with Crippen molar-refractivity contribution in [1.82, 2.24) is 15.0 Å². The van der Waals surface area contributed by atoms with Crippen LogP contribution in [0.5, 0.6) is 0 Å². The normalized spacial score (nSPS) is 11.0. The van der Waals surface area contributed by atoms with Gasteiger partial charge in [0, 0.05) is 47.9 Å². The zero-order valence-electron chi connectivity index (χ0n) is 23.9. The van der Waals surface area contributed by atoms with Crippen molar-refractivity contribution >= 4 is 0 Å². The van der Waals surface area contributed by atoms with Crippen molar-refractivity contribution in [3.8, 4) is 33.6 Å². The van der Waals surface area contributed by atoms with Crippen molar-refractivity contribution in [1.29, 1.82) is 0 Å². The number of aromatic nitrogens is 3. The topological polar surface area (TPSA) is 38.7 Å².